The van der Waals surface area contributed by atoms with Crippen molar-refractivity contribution in [1.82, 2.24) is 10.6 Å². The molecule has 26 nitrogen and oxygen atoms in total. The minimum Gasteiger partial charge on any atom is -0.497 e. The number of carbonyl (C=O) groups excluding carboxylic acids is 2. The fourth-order valence-electron chi connectivity index (χ4n) is 8.50. The number of ether oxygens (including phenoxy) is 11. The maximum atomic E-state index is 12.5. The van der Waals surface area contributed by atoms with Crippen LogP contribution in [0.2, 0.25) is 0 Å². The second-order valence-electron chi connectivity index (χ2n) is 17.1. The Morgan fingerprint density at radius 1 is 0.478 bits per heavy atom. The van der Waals surface area contributed by atoms with Crippen LogP contribution in [-0.4, -0.2) is 242 Å². The van der Waals surface area contributed by atoms with E-state index in [4.69, 9.17) is 52.1 Å². The van der Waals surface area contributed by atoms with Crippen LogP contribution in [0.3, 0.4) is 0 Å². The third-order valence-corrected chi connectivity index (χ3v) is 12.3. The molecule has 6 rings (SSSR count). The zero-order valence-corrected chi connectivity index (χ0v) is 37.4. The summed E-state index contributed by atoms with van der Waals surface area (Å²) >= 11 is 0. The van der Waals surface area contributed by atoms with Crippen molar-refractivity contribution in [3.63, 3.8) is 0 Å². The van der Waals surface area contributed by atoms with E-state index in [-0.39, 0.29) is 5.75 Å². The van der Waals surface area contributed by atoms with E-state index in [9.17, 15) is 65.8 Å². The molecule has 0 radical (unpaired) electrons. The van der Waals surface area contributed by atoms with Crippen molar-refractivity contribution in [2.75, 3.05) is 20.3 Å². The minimum absolute atomic E-state index is 0.236. The molecule has 25 atom stereocenters. The summed E-state index contributed by atoms with van der Waals surface area (Å²) in [7, 11) is 1.47. The molecular formula is C41H64N2O24. The summed E-state index contributed by atoms with van der Waals surface area (Å²) in [5, 5.41) is 126. The molecule has 5 heterocycles. The summed E-state index contributed by atoms with van der Waals surface area (Å²) in [6.07, 6.45) is -38.0. The molecule has 1 aromatic rings. The number of hydrogen-bond acceptors (Lipinski definition) is 24. The van der Waals surface area contributed by atoms with Gasteiger partial charge in [-0.25, -0.2) is 0 Å². The number of aliphatic hydroxyl groups is 11. The topological polar surface area (TPSA) is 382 Å². The van der Waals surface area contributed by atoms with Crippen molar-refractivity contribution in [3.05, 3.63) is 24.3 Å². The highest BCUT2D eigenvalue weighted by molar-refractivity contribution is 5.73. The molecular weight excluding hydrogens is 904 g/mol. The van der Waals surface area contributed by atoms with Gasteiger partial charge < -0.3 is 119 Å². The molecule has 0 bridgehead atoms. The van der Waals surface area contributed by atoms with Crippen LogP contribution in [0, 0.1) is 0 Å². The molecule has 0 saturated carbocycles. The molecule has 5 saturated heterocycles. The molecule has 0 spiro atoms. The van der Waals surface area contributed by atoms with Crippen molar-refractivity contribution in [1.29, 1.82) is 0 Å². The van der Waals surface area contributed by atoms with Crippen molar-refractivity contribution in [2.24, 2.45) is 0 Å². The van der Waals surface area contributed by atoms with E-state index >= 15 is 0 Å². The van der Waals surface area contributed by atoms with Crippen LogP contribution in [0.1, 0.15) is 34.6 Å². The second-order valence-corrected chi connectivity index (χ2v) is 17.1. The Hall–Kier alpha value is -3.04. The van der Waals surface area contributed by atoms with E-state index < -0.39 is 178 Å². The second kappa shape index (κ2) is 22.8. The molecule has 13 N–H and O–H groups in total. The lowest BCUT2D eigenvalue weighted by molar-refractivity contribution is -0.398. The van der Waals surface area contributed by atoms with Crippen LogP contribution < -0.4 is 20.1 Å². The first-order valence-electron chi connectivity index (χ1n) is 21.8. The van der Waals surface area contributed by atoms with Crippen LogP contribution in [0.5, 0.6) is 11.5 Å². The first-order chi connectivity index (χ1) is 31.7. The lowest BCUT2D eigenvalue weighted by atomic mass is 9.95. The monoisotopic (exact) mass is 968 g/mol. The summed E-state index contributed by atoms with van der Waals surface area (Å²) in [5.74, 6) is -0.566. The van der Waals surface area contributed by atoms with E-state index in [0.717, 1.165) is 6.92 Å². The lowest BCUT2D eigenvalue weighted by Gasteiger charge is -2.50. The number of aliphatic hydroxyl groups excluding tert-OH is 11. The molecule has 0 aliphatic carbocycles. The smallest absolute Gasteiger partial charge is 0.223 e. The number of benzene rings is 1. The van der Waals surface area contributed by atoms with Crippen LogP contribution in [0.25, 0.3) is 0 Å². The largest absolute Gasteiger partial charge is 0.497 e. The first kappa shape index (κ1) is 53.3. The molecule has 67 heavy (non-hydrogen) atoms. The van der Waals surface area contributed by atoms with Gasteiger partial charge in [-0.1, -0.05) is 0 Å². The Morgan fingerprint density at radius 2 is 0.910 bits per heavy atom. The van der Waals surface area contributed by atoms with E-state index in [1.807, 2.05) is 0 Å². The third kappa shape index (κ3) is 11.8. The molecule has 2 amide bonds. The maximum absolute atomic E-state index is 12.5. The highest BCUT2D eigenvalue weighted by Gasteiger charge is 2.57. The average Bonchev–Trinajstić information content (AvgIpc) is 3.29. The van der Waals surface area contributed by atoms with Gasteiger partial charge in [0, 0.05) is 13.8 Å². The van der Waals surface area contributed by atoms with E-state index in [1.165, 1.54) is 34.8 Å². The van der Waals surface area contributed by atoms with E-state index in [0.29, 0.717) is 5.75 Å². The van der Waals surface area contributed by atoms with Crippen molar-refractivity contribution < 1.29 is 118 Å². The number of nitrogens with one attached hydrogen (secondary N) is 2. The normalized spacial score (nSPS) is 46.0. The Bertz CT molecular complexity index is 1750. The van der Waals surface area contributed by atoms with Crippen LogP contribution in [0.4, 0.5) is 0 Å². The summed E-state index contributed by atoms with van der Waals surface area (Å²) < 4.78 is 64.8. The number of amides is 2. The lowest BCUT2D eigenvalue weighted by Crippen LogP contribution is -2.69. The zero-order chi connectivity index (χ0) is 49.2. The highest BCUT2D eigenvalue weighted by Crippen LogP contribution is 2.37. The molecule has 5 aliphatic heterocycles. The average molecular weight is 969 g/mol. The number of carbonyl (C=O) groups is 2. The van der Waals surface area contributed by atoms with Gasteiger partial charge in [-0.15, -0.1) is 0 Å². The van der Waals surface area contributed by atoms with Gasteiger partial charge in [0.1, 0.15) is 115 Å². The molecule has 5 fully saturated rings. The first-order valence-corrected chi connectivity index (χ1v) is 21.8. The Labute approximate surface area is 384 Å². The van der Waals surface area contributed by atoms with Gasteiger partial charge in [0.05, 0.1) is 38.6 Å². The van der Waals surface area contributed by atoms with Gasteiger partial charge in [-0.3, -0.25) is 9.59 Å². The van der Waals surface area contributed by atoms with Crippen molar-refractivity contribution >= 4 is 11.8 Å². The van der Waals surface area contributed by atoms with Crippen LogP contribution in [0.15, 0.2) is 24.3 Å². The Balaban J connectivity index is 1.26. The van der Waals surface area contributed by atoms with Gasteiger partial charge in [-0.2, -0.15) is 0 Å². The quantitative estimate of drug-likeness (QED) is 0.0777. The van der Waals surface area contributed by atoms with Gasteiger partial charge in [0.15, 0.2) is 25.2 Å². The number of methoxy groups -OCH3 is 1. The summed E-state index contributed by atoms with van der Waals surface area (Å²) in [4.78, 5) is 24.7. The molecule has 26 heteroatoms. The SMILES string of the molecule is COc1ccc(O[C@@H]2O[C@H](CO)[C@@H](O)[C@H](O[C@@H]3O[C@@H](C)[C@H](O)[C@@H](O[C@@H]4O[C@@H](C)[C@H](O)[C@@H](O)[C@H]4O[C@@H]4O[C@@H](C)[C@H](O)[C@@H](O)[C@H]4O[C@@H]4O[C@H](CO)[C@@H](O)[C@H](O)[C@H]4NC(C)=O)[C@H]3O)[C@H]2NC(C)=O)cc1. The number of hydrogen-bond donors (Lipinski definition) is 13. The zero-order valence-electron chi connectivity index (χ0n) is 37.4. The van der Waals surface area contributed by atoms with E-state index in [1.54, 1.807) is 24.3 Å². The maximum Gasteiger partial charge on any atom is 0.223 e. The fourth-order valence-corrected chi connectivity index (χ4v) is 8.50. The van der Waals surface area contributed by atoms with Gasteiger partial charge in [0.25, 0.3) is 0 Å². The van der Waals surface area contributed by atoms with Crippen LogP contribution in [-0.2, 0) is 52.2 Å². The summed E-state index contributed by atoms with van der Waals surface area (Å²) in [5.41, 5.74) is 0. The van der Waals surface area contributed by atoms with Gasteiger partial charge in [0.2, 0.25) is 18.1 Å². The molecule has 5 aliphatic rings. The van der Waals surface area contributed by atoms with Crippen molar-refractivity contribution in [2.45, 2.75) is 188 Å². The highest BCUT2D eigenvalue weighted by atomic mass is 16.8. The predicted octanol–water partition coefficient (Wildman–Crippen LogP) is -6.46. The molecule has 0 unspecified atom stereocenters. The van der Waals surface area contributed by atoms with Crippen LogP contribution >= 0.6 is 0 Å². The van der Waals surface area contributed by atoms with Gasteiger partial charge >= 0.3 is 0 Å². The number of rotatable bonds is 15. The minimum atomic E-state index is -1.98. The summed E-state index contributed by atoms with van der Waals surface area (Å²) in [6, 6.07) is 3.42. The third-order valence-electron chi connectivity index (χ3n) is 12.3. The predicted molar refractivity (Wildman–Crippen MR) is 217 cm³/mol. The Morgan fingerprint density at radius 3 is 1.43 bits per heavy atom. The van der Waals surface area contributed by atoms with Crippen molar-refractivity contribution in [3.8, 4) is 11.5 Å². The fraction of sp³-hybridized carbons (Fsp3) is 0.805. The Kier molecular flexibility index (Phi) is 18.1. The molecule has 1 aromatic carbocycles. The van der Waals surface area contributed by atoms with Gasteiger partial charge in [-0.05, 0) is 45.0 Å². The summed E-state index contributed by atoms with van der Waals surface area (Å²) in [6.45, 7) is 4.83. The van der Waals surface area contributed by atoms with E-state index in [2.05, 4.69) is 10.6 Å². The molecule has 382 valence electrons. The molecule has 0 aromatic heterocycles. The standard InChI is InChI=1S/C41H64N2O24/c1-13-25(49)31(55)36(67-41-35(30(54)24(48)14(2)60-41)66-37-22(42-16(4)46)29(53)27(51)20(11-44)62-37)40(59-13)65-34-26(50)15(3)58-39(32(34)56)64-33-23(43-17(5)47)38(63-21(12-45)28(33)52)61-19-9-7-18(57-6)8-10-19/h7-10,13-15,20-41,44-45,48-56H,11-12H2,1-6H3,(H,42,46)(H,43,47)/t13-,14-,15-,20+,21+,22+,23+,24-,25-,26-,27+,28+,29+,30+,31+,32+,33+,34+,35+,36+,37-,38+,39-,40-,41-/m0/s1.